The van der Waals surface area contributed by atoms with Gasteiger partial charge in [0.1, 0.15) is 5.75 Å². The van der Waals surface area contributed by atoms with Gasteiger partial charge in [-0.25, -0.2) is 9.48 Å². The number of carbonyl (C=O) groups excluding carboxylic acids is 1. The van der Waals surface area contributed by atoms with E-state index in [2.05, 4.69) is 20.5 Å². The Morgan fingerprint density at radius 3 is 2.45 bits per heavy atom. The van der Waals surface area contributed by atoms with Gasteiger partial charge in [-0.3, -0.25) is 0 Å². The van der Waals surface area contributed by atoms with E-state index in [0.29, 0.717) is 12.4 Å². The molecule has 0 saturated carbocycles. The molecule has 1 N–H and O–H groups in total. The highest BCUT2D eigenvalue weighted by atomic mass is 35.5. The van der Waals surface area contributed by atoms with Crippen molar-refractivity contribution >= 4 is 29.1 Å². The quantitative estimate of drug-likeness (QED) is 0.494. The van der Waals surface area contributed by atoms with Crippen molar-refractivity contribution in [3.63, 3.8) is 0 Å². The van der Waals surface area contributed by atoms with Crippen molar-refractivity contribution in [2.24, 2.45) is 0 Å². The molecule has 174 valence electrons. The lowest BCUT2D eigenvalue weighted by Crippen LogP contribution is -2.39. The zero-order valence-electron chi connectivity index (χ0n) is 18.8. The number of anilines is 2. The summed E-state index contributed by atoms with van der Waals surface area (Å²) in [6, 6.07) is 15.8. The van der Waals surface area contributed by atoms with E-state index in [1.165, 1.54) is 0 Å². The fourth-order valence-electron chi connectivity index (χ4n) is 3.93. The molecule has 0 radical (unpaired) electrons. The van der Waals surface area contributed by atoms with Gasteiger partial charge in [0.05, 0.1) is 20.3 Å². The number of esters is 1. The number of carbonyl (C=O) groups is 1. The van der Waals surface area contributed by atoms with Crippen molar-refractivity contribution in [3.05, 3.63) is 64.8 Å². The summed E-state index contributed by atoms with van der Waals surface area (Å²) in [4.78, 5) is 14.8. The molecule has 0 amide bonds. The molecule has 0 bridgehead atoms. The van der Waals surface area contributed by atoms with Crippen LogP contribution in [0.4, 0.5) is 11.5 Å². The molecule has 2 heterocycles. The number of aromatic nitrogens is 3. The summed E-state index contributed by atoms with van der Waals surface area (Å²) < 4.78 is 12.2. The Kier molecular flexibility index (Phi) is 7.34. The predicted octanol–water partition coefficient (Wildman–Crippen LogP) is 4.25. The molecular formula is C24H28ClN5O3. The van der Waals surface area contributed by atoms with Crippen molar-refractivity contribution in [2.75, 3.05) is 37.0 Å². The molecule has 1 fully saturated rings. The Hall–Kier alpha value is -3.26. The van der Waals surface area contributed by atoms with Gasteiger partial charge < -0.3 is 19.7 Å². The first kappa shape index (κ1) is 22.9. The van der Waals surface area contributed by atoms with Gasteiger partial charge in [0.2, 0.25) is 5.69 Å². The number of halogens is 1. The standard InChI is InChI=1S/C24H28ClN5O3/c1-3-33-24(31)22-23(30(28-27-22)16-17-4-10-21(32-2)11-5-17)26-19-12-14-29(15-13-19)20-8-6-18(25)7-9-20/h4-11,19,26H,3,12-16H2,1-2H3. The minimum atomic E-state index is -0.473. The van der Waals surface area contributed by atoms with Gasteiger partial charge in [-0.1, -0.05) is 28.9 Å². The second kappa shape index (κ2) is 10.6. The Labute approximate surface area is 198 Å². The number of hydrogen-bond acceptors (Lipinski definition) is 7. The lowest BCUT2D eigenvalue weighted by atomic mass is 10.0. The van der Waals surface area contributed by atoms with Gasteiger partial charge in [-0.2, -0.15) is 0 Å². The van der Waals surface area contributed by atoms with Crippen LogP contribution >= 0.6 is 11.6 Å². The third kappa shape index (κ3) is 5.57. The Morgan fingerprint density at radius 1 is 1.12 bits per heavy atom. The van der Waals surface area contributed by atoms with Crippen molar-refractivity contribution in [3.8, 4) is 5.75 Å². The number of piperidine rings is 1. The highest BCUT2D eigenvalue weighted by molar-refractivity contribution is 6.30. The molecule has 0 unspecified atom stereocenters. The molecule has 3 aromatic rings. The SMILES string of the molecule is CCOC(=O)c1nnn(Cc2ccc(OC)cc2)c1NC1CCN(c2ccc(Cl)cc2)CC1. The number of hydrogen-bond donors (Lipinski definition) is 1. The van der Waals surface area contributed by atoms with Gasteiger partial charge in [0, 0.05) is 29.8 Å². The molecule has 1 saturated heterocycles. The lowest BCUT2D eigenvalue weighted by molar-refractivity contribution is 0.0520. The molecule has 1 aromatic heterocycles. The van der Waals surface area contributed by atoms with Gasteiger partial charge in [0.25, 0.3) is 0 Å². The third-order valence-corrected chi connectivity index (χ3v) is 5.97. The summed E-state index contributed by atoms with van der Waals surface area (Å²) in [6.07, 6.45) is 1.83. The van der Waals surface area contributed by atoms with E-state index in [-0.39, 0.29) is 18.3 Å². The highest BCUT2D eigenvalue weighted by Crippen LogP contribution is 2.25. The van der Waals surface area contributed by atoms with Crippen LogP contribution in [-0.2, 0) is 11.3 Å². The molecule has 4 rings (SSSR count). The number of benzene rings is 2. The second-order valence-electron chi connectivity index (χ2n) is 7.89. The number of nitrogens with one attached hydrogen (secondary N) is 1. The summed E-state index contributed by atoms with van der Waals surface area (Å²) in [5, 5.41) is 12.6. The fourth-order valence-corrected chi connectivity index (χ4v) is 4.06. The van der Waals surface area contributed by atoms with Crippen molar-refractivity contribution in [1.82, 2.24) is 15.0 Å². The van der Waals surface area contributed by atoms with E-state index in [1.807, 2.05) is 48.5 Å². The van der Waals surface area contributed by atoms with Crippen molar-refractivity contribution in [2.45, 2.75) is 32.4 Å². The lowest BCUT2D eigenvalue weighted by Gasteiger charge is -2.34. The third-order valence-electron chi connectivity index (χ3n) is 5.72. The van der Waals surface area contributed by atoms with Crippen molar-refractivity contribution in [1.29, 1.82) is 0 Å². The van der Waals surface area contributed by atoms with E-state index in [0.717, 1.165) is 48.0 Å². The van der Waals surface area contributed by atoms with Crippen LogP contribution in [-0.4, -0.2) is 53.8 Å². The number of rotatable bonds is 8. The number of ether oxygens (including phenoxy) is 2. The molecule has 33 heavy (non-hydrogen) atoms. The normalized spacial score (nSPS) is 14.2. The minimum absolute atomic E-state index is 0.190. The van der Waals surface area contributed by atoms with E-state index in [4.69, 9.17) is 21.1 Å². The molecule has 1 aliphatic rings. The first-order valence-electron chi connectivity index (χ1n) is 11.1. The largest absolute Gasteiger partial charge is 0.497 e. The first-order chi connectivity index (χ1) is 16.1. The molecule has 0 spiro atoms. The highest BCUT2D eigenvalue weighted by Gasteiger charge is 2.26. The summed E-state index contributed by atoms with van der Waals surface area (Å²) in [5.41, 5.74) is 2.40. The van der Waals surface area contributed by atoms with Crippen molar-refractivity contribution < 1.29 is 14.3 Å². The van der Waals surface area contributed by atoms with Gasteiger partial charge in [-0.05, 0) is 61.7 Å². The maximum absolute atomic E-state index is 12.5. The molecule has 0 atom stereocenters. The average Bonchev–Trinajstić information content (AvgIpc) is 3.23. The molecule has 9 heteroatoms. The molecule has 8 nitrogen and oxygen atoms in total. The molecule has 1 aliphatic heterocycles. The van der Waals surface area contributed by atoms with Crippen LogP contribution in [0.15, 0.2) is 48.5 Å². The van der Waals surface area contributed by atoms with Crippen LogP contribution in [0.25, 0.3) is 0 Å². The number of nitrogens with zero attached hydrogens (tertiary/aromatic N) is 4. The maximum Gasteiger partial charge on any atom is 0.362 e. The fraction of sp³-hybridized carbons (Fsp3) is 0.375. The molecule has 0 aliphatic carbocycles. The summed E-state index contributed by atoms with van der Waals surface area (Å²) >= 11 is 6.02. The maximum atomic E-state index is 12.5. The van der Waals surface area contributed by atoms with Crippen LogP contribution in [0.2, 0.25) is 5.02 Å². The predicted molar refractivity (Wildman–Crippen MR) is 128 cm³/mol. The molecule has 2 aromatic carbocycles. The van der Waals surface area contributed by atoms with Crippen LogP contribution in [0.1, 0.15) is 35.8 Å². The zero-order chi connectivity index (χ0) is 23.2. The van der Waals surface area contributed by atoms with Crippen LogP contribution in [0.3, 0.4) is 0 Å². The van der Waals surface area contributed by atoms with Crippen LogP contribution in [0, 0.1) is 0 Å². The second-order valence-corrected chi connectivity index (χ2v) is 8.33. The summed E-state index contributed by atoms with van der Waals surface area (Å²) in [7, 11) is 1.64. The minimum Gasteiger partial charge on any atom is -0.497 e. The number of methoxy groups -OCH3 is 1. The zero-order valence-corrected chi connectivity index (χ0v) is 19.6. The van der Waals surface area contributed by atoms with E-state index in [1.54, 1.807) is 18.7 Å². The monoisotopic (exact) mass is 469 g/mol. The van der Waals surface area contributed by atoms with Gasteiger partial charge in [0.15, 0.2) is 5.82 Å². The summed E-state index contributed by atoms with van der Waals surface area (Å²) in [6.45, 7) is 4.33. The first-order valence-corrected chi connectivity index (χ1v) is 11.5. The van der Waals surface area contributed by atoms with E-state index >= 15 is 0 Å². The van der Waals surface area contributed by atoms with Crippen LogP contribution < -0.4 is 15.0 Å². The van der Waals surface area contributed by atoms with Gasteiger partial charge in [-0.15, -0.1) is 5.10 Å². The Balaban J connectivity index is 1.48. The molecular weight excluding hydrogens is 442 g/mol. The smallest absolute Gasteiger partial charge is 0.362 e. The van der Waals surface area contributed by atoms with Crippen LogP contribution in [0.5, 0.6) is 5.75 Å². The van der Waals surface area contributed by atoms with Gasteiger partial charge >= 0.3 is 5.97 Å². The Morgan fingerprint density at radius 2 is 1.82 bits per heavy atom. The average molecular weight is 470 g/mol. The summed E-state index contributed by atoms with van der Waals surface area (Å²) in [5.74, 6) is 0.907. The topological polar surface area (TPSA) is 81.5 Å². The van der Waals surface area contributed by atoms with E-state index < -0.39 is 5.97 Å². The Bertz CT molecular complexity index is 1060. The van der Waals surface area contributed by atoms with E-state index in [9.17, 15) is 4.79 Å².